The Hall–Kier alpha value is -7.08. The molecule has 2 fully saturated rings. The van der Waals surface area contributed by atoms with Gasteiger partial charge >= 0.3 is 24.8 Å². The second kappa shape index (κ2) is 28.8. The number of aliphatic hydroxyl groups is 2. The number of β-amino-alcohol motifs (C(OH)–C–C–N with tert-alkyl or cyclic N) is 2. The predicted molar refractivity (Wildman–Crippen MR) is 295 cm³/mol. The second-order valence-corrected chi connectivity index (χ2v) is 22.6. The third-order valence-electron chi connectivity index (χ3n) is 13.5. The molecule has 430 valence electrons. The van der Waals surface area contributed by atoms with Crippen LogP contribution in [0.25, 0.3) is 21.8 Å². The number of benzene rings is 5. The van der Waals surface area contributed by atoms with Crippen LogP contribution in [0.15, 0.2) is 150 Å². The number of sulfonamides is 2. The minimum Gasteiger partial charge on any atom is -0.548 e. The van der Waals surface area contributed by atoms with E-state index in [9.17, 15) is 41.7 Å². The van der Waals surface area contributed by atoms with E-state index in [2.05, 4.69) is 9.97 Å². The molecule has 0 aliphatic carbocycles. The van der Waals surface area contributed by atoms with Crippen molar-refractivity contribution in [3.63, 3.8) is 0 Å². The molecule has 2 unspecified atom stereocenters. The summed E-state index contributed by atoms with van der Waals surface area (Å²) >= 11 is 0. The number of methoxy groups -OCH3 is 4. The van der Waals surface area contributed by atoms with Crippen molar-refractivity contribution in [1.29, 1.82) is 0 Å². The third kappa shape index (κ3) is 15.1. The number of piperazine rings is 2. The van der Waals surface area contributed by atoms with Gasteiger partial charge in [0.15, 0.2) is 23.0 Å². The molecule has 82 heavy (non-hydrogen) atoms. The van der Waals surface area contributed by atoms with Gasteiger partial charge in [0.2, 0.25) is 20.0 Å². The van der Waals surface area contributed by atoms with E-state index >= 15 is 0 Å². The first-order valence-electron chi connectivity index (χ1n) is 25.7. The fraction of sp³-hybridized carbons (Fsp3) is 0.333. The number of nitrogens with zero attached hydrogens (tertiary/aromatic N) is 6. The molecule has 2 aliphatic heterocycles. The van der Waals surface area contributed by atoms with Crippen molar-refractivity contribution in [3.8, 4) is 34.5 Å². The zero-order valence-corrected chi connectivity index (χ0v) is 47.6. The van der Waals surface area contributed by atoms with E-state index in [4.69, 9.17) is 33.2 Å². The van der Waals surface area contributed by atoms with Crippen LogP contribution in [0.2, 0.25) is 0 Å². The molecule has 4 heterocycles. The van der Waals surface area contributed by atoms with Gasteiger partial charge in [0.05, 0.1) is 61.3 Å². The number of rotatable bonds is 22. The van der Waals surface area contributed by atoms with E-state index in [1.165, 1.54) is 64.8 Å². The molecular weight excluding hydrogens is 1100 g/mol. The summed E-state index contributed by atoms with van der Waals surface area (Å²) < 4.78 is 94.6. The van der Waals surface area contributed by atoms with Crippen LogP contribution in [0.4, 0.5) is 0 Å². The van der Waals surface area contributed by atoms with E-state index in [-0.39, 0.29) is 112 Å². The van der Waals surface area contributed by atoms with Crippen LogP contribution in [0.5, 0.6) is 34.5 Å². The summed E-state index contributed by atoms with van der Waals surface area (Å²) in [6, 6.07) is 33.3. The molecule has 2 aliphatic rings. The Labute approximate surface area is 487 Å². The van der Waals surface area contributed by atoms with Gasteiger partial charge in [-0.2, -0.15) is 8.61 Å². The molecule has 4 atom stereocenters. The average molecular weight is 1160 g/mol. The van der Waals surface area contributed by atoms with Crippen LogP contribution in [0, 0.1) is 0 Å². The number of esters is 1. The SMILES string of the molecule is COc1ccc(S(=O)(=O)N2CCN(C[C@@H](O)COc3cccc4ncccc34)CC2C(=O)OCc2ccccc2)cc1OC.COc1ccc(S(=O)(=O)N2CCN(C[C@@H](O)COc3cccc4ncccc34)CC2C(=O)[O-])cc1OC.[Li+]. The summed E-state index contributed by atoms with van der Waals surface area (Å²) in [6.07, 6.45) is 1.53. The van der Waals surface area contributed by atoms with Crippen molar-refractivity contribution in [2.24, 2.45) is 0 Å². The van der Waals surface area contributed by atoms with Crippen molar-refractivity contribution in [1.82, 2.24) is 28.4 Å². The van der Waals surface area contributed by atoms with Crippen molar-refractivity contribution < 1.29 is 93.8 Å². The molecular formula is C57H63LiN6O16S2. The van der Waals surface area contributed by atoms with Gasteiger partial charge in [0.25, 0.3) is 0 Å². The molecule has 9 rings (SSSR count). The molecule has 0 saturated carbocycles. The number of fused-ring (bicyclic) bond motifs is 2. The van der Waals surface area contributed by atoms with Gasteiger partial charge in [-0.1, -0.05) is 42.5 Å². The fourth-order valence-electron chi connectivity index (χ4n) is 9.46. The number of carbonyl (C=O) groups is 2. The second-order valence-electron chi connectivity index (χ2n) is 18.8. The zero-order chi connectivity index (χ0) is 57.7. The molecule has 25 heteroatoms. The van der Waals surface area contributed by atoms with Crippen LogP contribution in [-0.2, 0) is 41.0 Å². The summed E-state index contributed by atoms with van der Waals surface area (Å²) in [7, 11) is -2.63. The molecule has 22 nitrogen and oxygen atoms in total. The number of aromatic nitrogens is 2. The Kier molecular flexibility index (Phi) is 21.9. The number of ether oxygens (including phenoxy) is 7. The molecule has 0 amide bonds. The number of hydrogen-bond acceptors (Lipinski definition) is 20. The molecule has 0 spiro atoms. The van der Waals surface area contributed by atoms with Gasteiger partial charge in [-0.3, -0.25) is 24.6 Å². The Bertz CT molecular complexity index is 3510. The van der Waals surface area contributed by atoms with Gasteiger partial charge in [-0.15, -0.1) is 0 Å². The molecule has 0 radical (unpaired) electrons. The normalized spacial score (nSPS) is 17.0. The fourth-order valence-corrected chi connectivity index (χ4v) is 12.6. The summed E-state index contributed by atoms with van der Waals surface area (Å²) in [5.41, 5.74) is 2.32. The Balaban J connectivity index is 0.000000237. The van der Waals surface area contributed by atoms with Gasteiger partial charge < -0.3 is 53.3 Å². The summed E-state index contributed by atoms with van der Waals surface area (Å²) in [6.45, 7) is 0.497. The first-order valence-corrected chi connectivity index (χ1v) is 28.6. The maximum Gasteiger partial charge on any atom is 1.00 e. The van der Waals surface area contributed by atoms with E-state index in [0.29, 0.717) is 23.0 Å². The minimum atomic E-state index is -4.18. The molecule has 0 bridgehead atoms. The monoisotopic (exact) mass is 1160 g/mol. The number of hydrogen-bond donors (Lipinski definition) is 2. The molecule has 5 aromatic carbocycles. The topological polar surface area (TPSA) is 269 Å². The maximum atomic E-state index is 13.9. The van der Waals surface area contributed by atoms with Crippen LogP contribution in [0.1, 0.15) is 5.56 Å². The van der Waals surface area contributed by atoms with Gasteiger partial charge in [-0.05, 0) is 78.4 Å². The maximum absolute atomic E-state index is 13.9. The van der Waals surface area contributed by atoms with Crippen LogP contribution >= 0.6 is 0 Å². The summed E-state index contributed by atoms with van der Waals surface area (Å²) in [5.74, 6) is 0.146. The zero-order valence-electron chi connectivity index (χ0n) is 46.0. The summed E-state index contributed by atoms with van der Waals surface area (Å²) in [4.78, 5) is 37.4. The molecule has 2 N–H and O–H groups in total. The van der Waals surface area contributed by atoms with Crippen LogP contribution in [-0.4, -0.2) is 186 Å². The smallest absolute Gasteiger partial charge is 0.548 e. The quantitative estimate of drug-likeness (QED) is 0.0679. The Morgan fingerprint density at radius 1 is 0.561 bits per heavy atom. The van der Waals surface area contributed by atoms with Crippen molar-refractivity contribution in [2.45, 2.75) is 40.7 Å². The molecule has 2 aromatic heterocycles. The first kappa shape index (κ1) is 62.5. The van der Waals surface area contributed by atoms with E-state index < -0.39 is 56.3 Å². The van der Waals surface area contributed by atoms with Crippen LogP contribution < -0.4 is 52.4 Å². The number of aliphatic carboxylic acids is 1. The number of carbonyl (C=O) groups excluding carboxylic acids is 2. The van der Waals surface area contributed by atoms with E-state index in [1.807, 2.05) is 77.7 Å². The summed E-state index contributed by atoms with van der Waals surface area (Å²) in [5, 5.41) is 35.0. The van der Waals surface area contributed by atoms with Gasteiger partial charge in [0, 0.05) is 87.7 Å². The minimum absolute atomic E-state index is 0. The Morgan fingerprint density at radius 3 is 1.46 bits per heavy atom. The predicted octanol–water partition coefficient (Wildman–Crippen LogP) is 0.231. The van der Waals surface area contributed by atoms with Crippen LogP contribution in [0.3, 0.4) is 0 Å². The number of carboxylic acids is 1. The molecule has 2 saturated heterocycles. The van der Waals surface area contributed by atoms with Gasteiger partial charge in [-0.25, -0.2) is 16.8 Å². The molecule has 7 aromatic rings. The Morgan fingerprint density at radius 2 is 1.01 bits per heavy atom. The van der Waals surface area contributed by atoms with E-state index in [1.54, 1.807) is 35.5 Å². The third-order valence-corrected chi connectivity index (χ3v) is 17.3. The number of aliphatic hydroxyl groups excluding tert-OH is 2. The van der Waals surface area contributed by atoms with Gasteiger partial charge in [0.1, 0.15) is 49.6 Å². The average Bonchev–Trinajstić information content (AvgIpc) is 3.56. The van der Waals surface area contributed by atoms with E-state index in [0.717, 1.165) is 36.0 Å². The first-order chi connectivity index (χ1) is 39.0. The van der Waals surface area contributed by atoms with Crippen molar-refractivity contribution in [2.75, 3.05) is 94.0 Å². The van der Waals surface area contributed by atoms with Crippen molar-refractivity contribution in [3.05, 3.63) is 145 Å². The number of carboxylic acid groups (broad SMARTS) is 1. The number of pyridine rings is 2. The largest absolute Gasteiger partial charge is 1.00 e. The van der Waals surface area contributed by atoms with Crippen molar-refractivity contribution >= 4 is 53.8 Å². The standard InChI is InChI=1S/C32H35N3O8S.C25H29N3O8S.Li/c1-40-30-14-13-25(18-31(30)41-2)44(38,39)35-17-16-34(20-28(35)32(37)43-21-23-8-4-3-5-9-23)19-24(36)22-42-29-12-6-11-27-26(29)10-7-15-33-27;1-34-23-9-8-18(13-24(23)35-2)37(32,33)28-12-11-27(15-21(28)25(30)31)14-17(29)16-36-22-7-3-6-20-19(22)5-4-10-26-20;/h3-15,18,24,28,36H,16-17,19-22H2,1-2H3;3-10,13,17,21,29H,11-12,14-16H2,1-2H3,(H,30,31);/q;;+1/p-1/t24-,28?;17-,21?;/m11./s1.